The Bertz CT molecular complexity index is 948. The van der Waals surface area contributed by atoms with Gasteiger partial charge in [0.05, 0.1) is 17.3 Å². The van der Waals surface area contributed by atoms with E-state index in [0.29, 0.717) is 18.5 Å². The molecule has 6 nitrogen and oxygen atoms in total. The summed E-state index contributed by atoms with van der Waals surface area (Å²) < 4.78 is 7.82. The summed E-state index contributed by atoms with van der Waals surface area (Å²) >= 11 is 0. The smallest absolute Gasteiger partial charge is 0.414 e. The number of likely N-dealkylation sites (tertiary alicyclic amines) is 1. The second kappa shape index (κ2) is 8.06. The second-order valence-electron chi connectivity index (χ2n) is 9.94. The molecule has 0 aliphatic carbocycles. The highest BCUT2D eigenvalue weighted by atomic mass is 16.6. The van der Waals surface area contributed by atoms with E-state index in [9.17, 15) is 4.79 Å². The first-order valence-electron chi connectivity index (χ1n) is 11.1. The fourth-order valence-corrected chi connectivity index (χ4v) is 4.31. The lowest BCUT2D eigenvalue weighted by molar-refractivity contribution is 0.0327. The first kappa shape index (κ1) is 20.9. The van der Waals surface area contributed by atoms with Crippen LogP contribution in [-0.4, -0.2) is 58.0 Å². The van der Waals surface area contributed by atoms with E-state index in [1.807, 2.05) is 20.8 Å². The number of nitrogens with zero attached hydrogens (tertiary/aromatic N) is 4. The van der Waals surface area contributed by atoms with E-state index < -0.39 is 5.60 Å². The number of rotatable bonds is 2. The highest BCUT2D eigenvalue weighted by Crippen LogP contribution is 2.31. The van der Waals surface area contributed by atoms with Crippen LogP contribution in [0.5, 0.6) is 0 Å². The Labute approximate surface area is 179 Å². The molecule has 1 fully saturated rings. The van der Waals surface area contributed by atoms with E-state index in [0.717, 1.165) is 54.5 Å². The minimum atomic E-state index is -0.514. The average Bonchev–Trinajstić information content (AvgIpc) is 3.10. The molecule has 2 aliphatic heterocycles. The van der Waals surface area contributed by atoms with Crippen LogP contribution in [0.4, 0.5) is 4.79 Å². The number of carbonyl (C=O) groups is 1. The highest BCUT2D eigenvalue weighted by molar-refractivity contribution is 5.87. The summed E-state index contributed by atoms with van der Waals surface area (Å²) in [6.07, 6.45) is 7.26. The molecule has 2 aliphatic rings. The van der Waals surface area contributed by atoms with Crippen molar-refractivity contribution in [2.24, 2.45) is 5.92 Å². The maximum atomic E-state index is 12.9. The lowest BCUT2D eigenvalue weighted by Gasteiger charge is -2.33. The van der Waals surface area contributed by atoms with Crippen molar-refractivity contribution >= 4 is 22.7 Å². The zero-order chi connectivity index (χ0) is 21.5. The van der Waals surface area contributed by atoms with Crippen molar-refractivity contribution in [2.45, 2.75) is 58.6 Å². The van der Waals surface area contributed by atoms with E-state index >= 15 is 0 Å². The van der Waals surface area contributed by atoms with E-state index in [4.69, 9.17) is 9.84 Å². The maximum Gasteiger partial charge on any atom is 0.414 e. The first-order chi connectivity index (χ1) is 14.2. The van der Waals surface area contributed by atoms with E-state index in [-0.39, 0.29) is 6.09 Å². The van der Waals surface area contributed by atoms with Gasteiger partial charge in [-0.1, -0.05) is 25.1 Å². The third kappa shape index (κ3) is 4.53. The molecule has 1 amide bonds. The van der Waals surface area contributed by atoms with Gasteiger partial charge in [0.25, 0.3) is 0 Å². The Hall–Kier alpha value is -2.34. The van der Waals surface area contributed by atoms with Crippen molar-refractivity contribution in [2.75, 3.05) is 26.7 Å². The second-order valence-corrected chi connectivity index (χ2v) is 9.94. The van der Waals surface area contributed by atoms with Crippen LogP contribution in [0.15, 0.2) is 30.5 Å². The minimum Gasteiger partial charge on any atom is -0.443 e. The van der Waals surface area contributed by atoms with Gasteiger partial charge in [-0.2, -0.15) is 5.10 Å². The van der Waals surface area contributed by atoms with Crippen LogP contribution in [-0.2, 0) is 4.74 Å². The number of benzene rings is 1. The van der Waals surface area contributed by atoms with Gasteiger partial charge in [0.15, 0.2) is 0 Å². The van der Waals surface area contributed by atoms with Crippen LogP contribution in [0.3, 0.4) is 0 Å². The largest absolute Gasteiger partial charge is 0.443 e. The quantitative estimate of drug-likeness (QED) is 0.705. The molecule has 0 N–H and O–H groups in total. The van der Waals surface area contributed by atoms with Crippen LogP contribution in [0.1, 0.15) is 58.6 Å². The normalized spacial score (nSPS) is 21.7. The highest BCUT2D eigenvalue weighted by Gasteiger charge is 2.29. The van der Waals surface area contributed by atoms with Gasteiger partial charge in [-0.25, -0.2) is 4.79 Å². The molecule has 0 bridgehead atoms. The summed E-state index contributed by atoms with van der Waals surface area (Å²) in [4.78, 5) is 17.0. The standard InChI is InChI=1S/C24H34N4O2/c1-17-6-9-22(27(15-17)23(29)30-24(2,3)4)18-7-8-19-16-28(25-21(19)14-18)20-10-12-26(5)13-11-20/h7-9,14,16-17,20H,6,10-13,15H2,1-5H3/t17-/m0/s1. The van der Waals surface area contributed by atoms with Crippen LogP contribution in [0, 0.1) is 5.92 Å². The number of aromatic nitrogens is 2. The molecule has 0 unspecified atom stereocenters. The molecule has 4 rings (SSSR count). The van der Waals surface area contributed by atoms with Crippen molar-refractivity contribution < 1.29 is 9.53 Å². The Morgan fingerprint density at radius 1 is 1.20 bits per heavy atom. The number of ether oxygens (including phenoxy) is 1. The molecule has 1 saturated heterocycles. The average molecular weight is 411 g/mol. The van der Waals surface area contributed by atoms with Crippen LogP contribution in [0.2, 0.25) is 0 Å². The SMILES string of the molecule is C[C@H]1CC=C(c2ccc3cn(C4CCN(C)CC4)nc3c2)N(C(=O)OC(C)(C)C)C1. The molecule has 2 aromatic rings. The van der Waals surface area contributed by atoms with Crippen molar-refractivity contribution in [3.63, 3.8) is 0 Å². The Morgan fingerprint density at radius 2 is 1.93 bits per heavy atom. The van der Waals surface area contributed by atoms with Crippen molar-refractivity contribution in [1.82, 2.24) is 19.6 Å². The zero-order valence-electron chi connectivity index (χ0n) is 18.9. The molecule has 162 valence electrons. The molecule has 6 heteroatoms. The van der Waals surface area contributed by atoms with Gasteiger partial charge < -0.3 is 9.64 Å². The summed E-state index contributed by atoms with van der Waals surface area (Å²) in [7, 11) is 2.18. The molecule has 0 spiro atoms. The Morgan fingerprint density at radius 3 is 2.63 bits per heavy atom. The maximum absolute atomic E-state index is 12.9. The zero-order valence-corrected chi connectivity index (χ0v) is 18.9. The van der Waals surface area contributed by atoms with E-state index in [1.54, 1.807) is 4.90 Å². The molecule has 0 saturated carbocycles. The summed E-state index contributed by atoms with van der Waals surface area (Å²) in [5.74, 6) is 0.411. The van der Waals surface area contributed by atoms with Gasteiger partial charge in [0.1, 0.15) is 5.60 Å². The molecule has 0 radical (unpaired) electrons. The Balaban J connectivity index is 1.61. The van der Waals surface area contributed by atoms with Gasteiger partial charge in [-0.3, -0.25) is 9.58 Å². The topological polar surface area (TPSA) is 50.6 Å². The first-order valence-corrected chi connectivity index (χ1v) is 11.1. The van der Waals surface area contributed by atoms with Crippen molar-refractivity contribution in [1.29, 1.82) is 0 Å². The molecular weight excluding hydrogens is 376 g/mol. The lowest BCUT2D eigenvalue weighted by Crippen LogP contribution is -2.39. The number of piperidine rings is 1. The number of hydrogen-bond acceptors (Lipinski definition) is 4. The summed E-state index contributed by atoms with van der Waals surface area (Å²) in [5.41, 5.74) is 2.42. The number of amides is 1. The predicted octanol–water partition coefficient (Wildman–Crippen LogP) is 4.92. The van der Waals surface area contributed by atoms with Gasteiger partial charge in [0.2, 0.25) is 0 Å². The van der Waals surface area contributed by atoms with Gasteiger partial charge in [0, 0.05) is 23.7 Å². The predicted molar refractivity (Wildman–Crippen MR) is 120 cm³/mol. The van der Waals surface area contributed by atoms with E-state index in [1.165, 1.54) is 0 Å². The van der Waals surface area contributed by atoms with E-state index in [2.05, 4.69) is 54.0 Å². The Kier molecular flexibility index (Phi) is 5.62. The summed E-state index contributed by atoms with van der Waals surface area (Å²) in [6.45, 7) is 10.8. The lowest BCUT2D eigenvalue weighted by atomic mass is 9.98. The number of fused-ring (bicyclic) bond motifs is 1. The summed E-state index contributed by atoms with van der Waals surface area (Å²) in [6, 6.07) is 6.79. The molecule has 1 aromatic heterocycles. The number of allylic oxidation sites excluding steroid dienone is 1. The van der Waals surface area contributed by atoms with Crippen molar-refractivity contribution in [3.8, 4) is 0 Å². The summed E-state index contributed by atoms with van der Waals surface area (Å²) in [5, 5.41) is 6.04. The molecular formula is C24H34N4O2. The molecule has 30 heavy (non-hydrogen) atoms. The minimum absolute atomic E-state index is 0.280. The van der Waals surface area contributed by atoms with Gasteiger partial charge in [-0.15, -0.1) is 0 Å². The third-order valence-electron chi connectivity index (χ3n) is 6.00. The fraction of sp³-hybridized carbons (Fsp3) is 0.583. The van der Waals surface area contributed by atoms with Crippen LogP contribution >= 0.6 is 0 Å². The number of carbonyl (C=O) groups excluding carboxylic acids is 1. The number of hydrogen-bond donors (Lipinski definition) is 0. The van der Waals surface area contributed by atoms with Gasteiger partial charge in [-0.05, 0) is 72.2 Å². The molecule has 1 atom stereocenters. The fourth-order valence-electron chi connectivity index (χ4n) is 4.31. The van der Waals surface area contributed by atoms with Gasteiger partial charge >= 0.3 is 6.09 Å². The van der Waals surface area contributed by atoms with Crippen molar-refractivity contribution in [3.05, 3.63) is 36.0 Å². The molecule has 1 aromatic carbocycles. The van der Waals surface area contributed by atoms with Crippen LogP contribution in [0.25, 0.3) is 16.6 Å². The van der Waals surface area contributed by atoms with Crippen LogP contribution < -0.4 is 0 Å². The molecule has 3 heterocycles. The monoisotopic (exact) mass is 410 g/mol. The third-order valence-corrected chi connectivity index (χ3v) is 6.00.